The molecule has 0 fully saturated rings. The summed E-state index contributed by atoms with van der Waals surface area (Å²) in [5.74, 6) is -0.137. The van der Waals surface area contributed by atoms with E-state index in [4.69, 9.17) is 9.15 Å². The average molecular weight is 238 g/mol. The second-order valence-electron chi connectivity index (χ2n) is 4.29. The largest absolute Gasteiger partial charge is 0.455 e. The van der Waals surface area contributed by atoms with Gasteiger partial charge in [-0.1, -0.05) is 12.1 Å². The van der Waals surface area contributed by atoms with Gasteiger partial charge in [0.05, 0.1) is 6.10 Å². The molecular formula is C13H15FO3. The predicted octanol–water partition coefficient (Wildman–Crippen LogP) is 2.81. The van der Waals surface area contributed by atoms with Crippen LogP contribution in [-0.4, -0.2) is 18.3 Å². The third kappa shape index (κ3) is 1.94. The Morgan fingerprint density at radius 3 is 2.76 bits per heavy atom. The second kappa shape index (κ2) is 4.13. The summed E-state index contributed by atoms with van der Waals surface area (Å²) in [6.07, 6.45) is -0.453. The first kappa shape index (κ1) is 12.1. The van der Waals surface area contributed by atoms with Gasteiger partial charge in [-0.2, -0.15) is 0 Å². The van der Waals surface area contributed by atoms with Crippen LogP contribution in [0, 0.1) is 5.82 Å². The molecule has 0 aliphatic carbocycles. The van der Waals surface area contributed by atoms with Crippen LogP contribution < -0.4 is 0 Å². The number of rotatable bonds is 3. The summed E-state index contributed by atoms with van der Waals surface area (Å²) < 4.78 is 23.9. The summed E-state index contributed by atoms with van der Waals surface area (Å²) in [4.78, 5) is 0. The van der Waals surface area contributed by atoms with Crippen LogP contribution in [0.25, 0.3) is 11.0 Å². The number of benzene rings is 1. The van der Waals surface area contributed by atoms with Gasteiger partial charge in [-0.05, 0) is 26.0 Å². The molecule has 92 valence electrons. The number of aliphatic hydroxyl groups is 1. The molecule has 0 aliphatic heterocycles. The Balaban J connectivity index is 2.53. The number of hydrogen-bond acceptors (Lipinski definition) is 3. The molecule has 2 rings (SSSR count). The molecule has 1 aromatic heterocycles. The lowest BCUT2D eigenvalue weighted by atomic mass is 9.97. The zero-order valence-corrected chi connectivity index (χ0v) is 10.0. The van der Waals surface area contributed by atoms with Gasteiger partial charge in [-0.25, -0.2) is 4.39 Å². The number of para-hydroxylation sites is 1. The summed E-state index contributed by atoms with van der Waals surface area (Å²) in [5.41, 5.74) is -1.13. The minimum Gasteiger partial charge on any atom is -0.455 e. The highest BCUT2D eigenvalue weighted by Crippen LogP contribution is 2.32. The minimum atomic E-state index is -1.29. The molecule has 0 saturated heterocycles. The third-order valence-corrected chi connectivity index (χ3v) is 3.14. The molecule has 0 bridgehead atoms. The summed E-state index contributed by atoms with van der Waals surface area (Å²) in [7, 11) is 1.50. The first-order chi connectivity index (χ1) is 7.96. The fraction of sp³-hybridized carbons (Fsp3) is 0.385. The van der Waals surface area contributed by atoms with Gasteiger partial charge >= 0.3 is 0 Å². The molecule has 1 N–H and O–H groups in total. The number of fused-ring (bicyclic) bond motifs is 1. The molecule has 1 aromatic carbocycles. The molecule has 2 aromatic rings. The van der Waals surface area contributed by atoms with E-state index < -0.39 is 17.5 Å². The van der Waals surface area contributed by atoms with Crippen LogP contribution in [0.1, 0.15) is 19.6 Å². The molecule has 2 unspecified atom stereocenters. The van der Waals surface area contributed by atoms with E-state index >= 15 is 0 Å². The summed E-state index contributed by atoms with van der Waals surface area (Å²) in [6, 6.07) is 6.29. The van der Waals surface area contributed by atoms with Gasteiger partial charge in [-0.3, -0.25) is 0 Å². The lowest BCUT2D eigenvalue weighted by molar-refractivity contribution is -0.0885. The molecule has 17 heavy (non-hydrogen) atoms. The summed E-state index contributed by atoms with van der Waals surface area (Å²) in [5, 5.41) is 10.9. The van der Waals surface area contributed by atoms with Crippen molar-refractivity contribution in [3.63, 3.8) is 0 Å². The van der Waals surface area contributed by atoms with Gasteiger partial charge in [0.2, 0.25) is 0 Å². The minimum absolute atomic E-state index is 0.158. The van der Waals surface area contributed by atoms with Crippen molar-refractivity contribution in [2.75, 3.05) is 7.11 Å². The fourth-order valence-corrected chi connectivity index (χ4v) is 1.71. The maximum atomic E-state index is 13.5. The van der Waals surface area contributed by atoms with E-state index in [0.29, 0.717) is 11.1 Å². The lowest BCUT2D eigenvalue weighted by Gasteiger charge is -2.26. The van der Waals surface area contributed by atoms with E-state index in [2.05, 4.69) is 0 Å². The van der Waals surface area contributed by atoms with Crippen molar-refractivity contribution in [1.29, 1.82) is 0 Å². The van der Waals surface area contributed by atoms with Crippen molar-refractivity contribution < 1.29 is 18.7 Å². The predicted molar refractivity (Wildman–Crippen MR) is 62.2 cm³/mol. The van der Waals surface area contributed by atoms with E-state index in [1.807, 2.05) is 0 Å². The van der Waals surface area contributed by atoms with E-state index in [0.717, 1.165) is 0 Å². The van der Waals surface area contributed by atoms with Crippen LogP contribution in [-0.2, 0) is 10.3 Å². The van der Waals surface area contributed by atoms with Gasteiger partial charge in [0.1, 0.15) is 11.4 Å². The van der Waals surface area contributed by atoms with Gasteiger partial charge < -0.3 is 14.3 Å². The first-order valence-electron chi connectivity index (χ1n) is 5.40. The van der Waals surface area contributed by atoms with Crippen LogP contribution in [0.15, 0.2) is 28.7 Å². The van der Waals surface area contributed by atoms with Gasteiger partial charge in [0.15, 0.2) is 11.4 Å². The summed E-state index contributed by atoms with van der Waals surface area (Å²) in [6.45, 7) is 3.31. The van der Waals surface area contributed by atoms with E-state index in [1.54, 1.807) is 32.0 Å². The van der Waals surface area contributed by atoms with Crippen LogP contribution in [0.5, 0.6) is 0 Å². The molecule has 2 atom stereocenters. The van der Waals surface area contributed by atoms with Crippen molar-refractivity contribution in [2.45, 2.75) is 25.6 Å². The van der Waals surface area contributed by atoms with E-state index in [1.165, 1.54) is 13.2 Å². The molecule has 0 radical (unpaired) electrons. The fourth-order valence-electron chi connectivity index (χ4n) is 1.71. The maximum absolute atomic E-state index is 13.5. The summed E-state index contributed by atoms with van der Waals surface area (Å²) >= 11 is 0. The Labute approximate surface area is 98.8 Å². The molecule has 4 heteroatoms. The van der Waals surface area contributed by atoms with E-state index in [9.17, 15) is 9.50 Å². The van der Waals surface area contributed by atoms with Crippen LogP contribution >= 0.6 is 0 Å². The van der Waals surface area contributed by atoms with Crippen molar-refractivity contribution in [2.24, 2.45) is 0 Å². The lowest BCUT2D eigenvalue weighted by Crippen LogP contribution is -2.35. The SMILES string of the molecule is COC(C)C(C)(O)c1cc2cccc(F)c2o1. The molecule has 0 aliphatic rings. The van der Waals surface area contributed by atoms with Gasteiger partial charge in [-0.15, -0.1) is 0 Å². The zero-order chi connectivity index (χ0) is 12.6. The van der Waals surface area contributed by atoms with Crippen LogP contribution in [0.4, 0.5) is 4.39 Å². The Kier molecular flexibility index (Phi) is 2.93. The molecular weight excluding hydrogens is 223 g/mol. The Morgan fingerprint density at radius 1 is 1.47 bits per heavy atom. The van der Waals surface area contributed by atoms with Crippen LogP contribution in [0.3, 0.4) is 0 Å². The smallest absolute Gasteiger partial charge is 0.170 e. The molecule has 0 saturated carbocycles. The monoisotopic (exact) mass is 238 g/mol. The molecule has 3 nitrogen and oxygen atoms in total. The standard InChI is InChI=1S/C13H15FO3/c1-8(16-3)13(2,15)11-7-9-5-4-6-10(14)12(9)17-11/h4-8,15H,1-3H3. The Morgan fingerprint density at radius 2 is 2.18 bits per heavy atom. The number of halogens is 1. The molecule has 0 amide bonds. The van der Waals surface area contributed by atoms with E-state index in [-0.39, 0.29) is 5.58 Å². The topological polar surface area (TPSA) is 42.6 Å². The van der Waals surface area contributed by atoms with Gasteiger partial charge in [0.25, 0.3) is 0 Å². The second-order valence-corrected chi connectivity index (χ2v) is 4.29. The van der Waals surface area contributed by atoms with Gasteiger partial charge in [0, 0.05) is 12.5 Å². The molecule has 0 spiro atoms. The molecule has 1 heterocycles. The third-order valence-electron chi connectivity index (χ3n) is 3.14. The Bertz CT molecular complexity index is 530. The van der Waals surface area contributed by atoms with Crippen LogP contribution in [0.2, 0.25) is 0 Å². The first-order valence-corrected chi connectivity index (χ1v) is 5.40. The highest BCUT2D eigenvalue weighted by Gasteiger charge is 2.34. The van der Waals surface area contributed by atoms with Crippen molar-refractivity contribution in [3.8, 4) is 0 Å². The highest BCUT2D eigenvalue weighted by atomic mass is 19.1. The van der Waals surface area contributed by atoms with Crippen molar-refractivity contribution in [1.82, 2.24) is 0 Å². The normalized spacial score (nSPS) is 17.0. The number of hydrogen-bond donors (Lipinski definition) is 1. The Hall–Kier alpha value is -1.39. The van der Waals surface area contributed by atoms with Crippen molar-refractivity contribution >= 4 is 11.0 Å². The highest BCUT2D eigenvalue weighted by molar-refractivity contribution is 5.78. The quantitative estimate of drug-likeness (QED) is 0.894. The average Bonchev–Trinajstić information content (AvgIpc) is 2.74. The number of ether oxygens (including phenoxy) is 1. The number of furan rings is 1. The number of methoxy groups -OCH3 is 1. The van der Waals surface area contributed by atoms with Crippen molar-refractivity contribution in [3.05, 3.63) is 35.8 Å². The maximum Gasteiger partial charge on any atom is 0.170 e. The zero-order valence-electron chi connectivity index (χ0n) is 10.0.